The van der Waals surface area contributed by atoms with Crippen molar-refractivity contribution >= 4 is 5.69 Å². The average molecular weight is 262 g/mol. The fraction of sp³-hybridized carbons (Fsp3) is 0.625. The van der Waals surface area contributed by atoms with Crippen LogP contribution in [0.15, 0.2) is 24.3 Å². The lowest BCUT2D eigenvalue weighted by atomic mass is 9.90. The molecular formula is C16H26N2O. The summed E-state index contributed by atoms with van der Waals surface area (Å²) >= 11 is 0. The molecule has 3 heteroatoms. The van der Waals surface area contributed by atoms with Gasteiger partial charge in [-0.15, -0.1) is 0 Å². The van der Waals surface area contributed by atoms with E-state index in [-0.39, 0.29) is 0 Å². The zero-order valence-electron chi connectivity index (χ0n) is 12.4. The van der Waals surface area contributed by atoms with Crippen LogP contribution in [0.2, 0.25) is 0 Å². The molecule has 0 bridgehead atoms. The summed E-state index contributed by atoms with van der Waals surface area (Å²) in [4.78, 5) is 2.39. The molecule has 0 aliphatic heterocycles. The van der Waals surface area contributed by atoms with Gasteiger partial charge in [-0.25, -0.2) is 0 Å². The lowest BCUT2D eigenvalue weighted by Gasteiger charge is -2.36. The van der Waals surface area contributed by atoms with Gasteiger partial charge in [0.25, 0.3) is 0 Å². The van der Waals surface area contributed by atoms with E-state index in [9.17, 15) is 0 Å². The molecule has 19 heavy (non-hydrogen) atoms. The van der Waals surface area contributed by atoms with E-state index >= 15 is 0 Å². The maximum atomic E-state index is 5.46. The SMILES string of the molecule is CCNC1CCC(N(C)c2ccccc2OC)CC1. The van der Waals surface area contributed by atoms with Gasteiger partial charge in [-0.05, 0) is 44.4 Å². The molecule has 1 saturated carbocycles. The highest BCUT2D eigenvalue weighted by Crippen LogP contribution is 2.32. The molecule has 106 valence electrons. The predicted octanol–water partition coefficient (Wildman–Crippen LogP) is 3.05. The van der Waals surface area contributed by atoms with Gasteiger partial charge in [0, 0.05) is 19.1 Å². The number of nitrogens with zero attached hydrogens (tertiary/aromatic N) is 1. The molecule has 0 radical (unpaired) electrons. The van der Waals surface area contributed by atoms with Crippen LogP contribution in [0.4, 0.5) is 5.69 Å². The highest BCUT2D eigenvalue weighted by molar-refractivity contribution is 5.58. The molecule has 1 aromatic carbocycles. The number of hydrogen-bond donors (Lipinski definition) is 1. The van der Waals surface area contributed by atoms with Gasteiger partial charge < -0.3 is 15.0 Å². The maximum Gasteiger partial charge on any atom is 0.142 e. The molecule has 0 heterocycles. The van der Waals surface area contributed by atoms with Crippen molar-refractivity contribution in [2.45, 2.75) is 44.7 Å². The zero-order valence-corrected chi connectivity index (χ0v) is 12.4. The normalized spacial score (nSPS) is 23.1. The second kappa shape index (κ2) is 6.80. The first-order valence-electron chi connectivity index (χ1n) is 7.35. The minimum absolute atomic E-state index is 0.631. The van der Waals surface area contributed by atoms with Crippen molar-refractivity contribution in [3.63, 3.8) is 0 Å². The fourth-order valence-corrected chi connectivity index (χ4v) is 3.07. The second-order valence-corrected chi connectivity index (χ2v) is 5.35. The van der Waals surface area contributed by atoms with Crippen LogP contribution in [0.3, 0.4) is 0 Å². The van der Waals surface area contributed by atoms with Crippen molar-refractivity contribution in [2.75, 3.05) is 25.6 Å². The summed E-state index contributed by atoms with van der Waals surface area (Å²) in [6.07, 6.45) is 5.06. The van der Waals surface area contributed by atoms with Gasteiger partial charge in [0.15, 0.2) is 0 Å². The number of rotatable bonds is 5. The Morgan fingerprint density at radius 3 is 2.53 bits per heavy atom. The van der Waals surface area contributed by atoms with Crippen molar-refractivity contribution in [3.05, 3.63) is 24.3 Å². The quantitative estimate of drug-likeness (QED) is 0.882. The largest absolute Gasteiger partial charge is 0.495 e. The van der Waals surface area contributed by atoms with E-state index in [0.29, 0.717) is 12.1 Å². The van der Waals surface area contributed by atoms with Gasteiger partial charge in [0.1, 0.15) is 5.75 Å². The molecule has 2 rings (SSSR count). The Morgan fingerprint density at radius 2 is 1.89 bits per heavy atom. The Kier molecular flexibility index (Phi) is 5.08. The highest BCUT2D eigenvalue weighted by Gasteiger charge is 2.24. The van der Waals surface area contributed by atoms with Crippen LogP contribution in [0.5, 0.6) is 5.75 Å². The monoisotopic (exact) mass is 262 g/mol. The van der Waals surface area contributed by atoms with Gasteiger partial charge in [-0.1, -0.05) is 19.1 Å². The number of para-hydroxylation sites is 2. The standard InChI is InChI=1S/C16H26N2O/c1-4-17-13-9-11-14(12-10-13)18(2)15-7-5-6-8-16(15)19-3/h5-8,13-14,17H,4,9-12H2,1-3H3. The Bertz CT molecular complexity index is 386. The van der Waals surface area contributed by atoms with Crippen LogP contribution in [-0.4, -0.2) is 32.8 Å². The van der Waals surface area contributed by atoms with E-state index in [1.54, 1.807) is 7.11 Å². The summed E-state index contributed by atoms with van der Waals surface area (Å²) in [7, 11) is 3.94. The van der Waals surface area contributed by atoms with E-state index in [1.165, 1.54) is 31.4 Å². The van der Waals surface area contributed by atoms with Crippen LogP contribution >= 0.6 is 0 Å². The van der Waals surface area contributed by atoms with Gasteiger partial charge in [-0.3, -0.25) is 0 Å². The summed E-state index contributed by atoms with van der Waals surface area (Å²) in [5, 5.41) is 3.56. The Balaban J connectivity index is 1.99. The van der Waals surface area contributed by atoms with Crippen molar-refractivity contribution in [2.24, 2.45) is 0 Å². The lowest BCUT2D eigenvalue weighted by Crippen LogP contribution is -2.40. The van der Waals surface area contributed by atoms with Crippen molar-refractivity contribution in [1.82, 2.24) is 5.32 Å². The van der Waals surface area contributed by atoms with Gasteiger partial charge >= 0.3 is 0 Å². The molecule has 0 spiro atoms. The third kappa shape index (κ3) is 3.41. The number of hydrogen-bond acceptors (Lipinski definition) is 3. The molecule has 1 fully saturated rings. The Morgan fingerprint density at radius 1 is 1.21 bits per heavy atom. The fourth-order valence-electron chi connectivity index (χ4n) is 3.07. The number of anilines is 1. The molecule has 0 atom stereocenters. The van der Waals surface area contributed by atoms with Gasteiger partial charge in [-0.2, -0.15) is 0 Å². The summed E-state index contributed by atoms with van der Waals surface area (Å²) in [6, 6.07) is 9.64. The molecule has 1 aliphatic carbocycles. The zero-order chi connectivity index (χ0) is 13.7. The first-order chi connectivity index (χ1) is 9.26. The Hall–Kier alpha value is -1.22. The van der Waals surface area contributed by atoms with E-state index in [1.807, 2.05) is 12.1 Å². The van der Waals surface area contributed by atoms with Crippen molar-refractivity contribution in [3.8, 4) is 5.75 Å². The van der Waals surface area contributed by atoms with E-state index in [0.717, 1.165) is 12.3 Å². The Labute approximate surface area is 116 Å². The molecule has 1 aliphatic rings. The minimum Gasteiger partial charge on any atom is -0.495 e. The average Bonchev–Trinajstić information content (AvgIpc) is 2.47. The van der Waals surface area contributed by atoms with Crippen LogP contribution in [0.1, 0.15) is 32.6 Å². The molecule has 1 N–H and O–H groups in total. The first kappa shape index (κ1) is 14.2. The second-order valence-electron chi connectivity index (χ2n) is 5.35. The van der Waals surface area contributed by atoms with Crippen molar-refractivity contribution < 1.29 is 4.74 Å². The summed E-state index contributed by atoms with van der Waals surface area (Å²) in [6.45, 7) is 3.27. The third-order valence-corrected chi connectivity index (χ3v) is 4.20. The molecular weight excluding hydrogens is 236 g/mol. The summed E-state index contributed by atoms with van der Waals surface area (Å²) in [5.74, 6) is 0.971. The first-order valence-corrected chi connectivity index (χ1v) is 7.35. The minimum atomic E-state index is 0.631. The van der Waals surface area contributed by atoms with E-state index in [2.05, 4.69) is 36.3 Å². The van der Waals surface area contributed by atoms with Crippen molar-refractivity contribution in [1.29, 1.82) is 0 Å². The number of nitrogens with one attached hydrogen (secondary N) is 1. The topological polar surface area (TPSA) is 24.5 Å². The molecule has 3 nitrogen and oxygen atoms in total. The molecule has 0 amide bonds. The van der Waals surface area contributed by atoms with Gasteiger partial charge in [0.2, 0.25) is 0 Å². The van der Waals surface area contributed by atoms with Crippen LogP contribution < -0.4 is 15.0 Å². The van der Waals surface area contributed by atoms with E-state index in [4.69, 9.17) is 4.74 Å². The number of ether oxygens (including phenoxy) is 1. The third-order valence-electron chi connectivity index (χ3n) is 4.20. The number of methoxy groups -OCH3 is 1. The molecule has 0 unspecified atom stereocenters. The highest BCUT2D eigenvalue weighted by atomic mass is 16.5. The number of benzene rings is 1. The lowest BCUT2D eigenvalue weighted by molar-refractivity contribution is 0.339. The molecule has 0 saturated heterocycles. The van der Waals surface area contributed by atoms with Gasteiger partial charge in [0.05, 0.1) is 12.8 Å². The van der Waals surface area contributed by atoms with Crippen LogP contribution in [0.25, 0.3) is 0 Å². The smallest absolute Gasteiger partial charge is 0.142 e. The summed E-state index contributed by atoms with van der Waals surface area (Å²) < 4.78 is 5.46. The van der Waals surface area contributed by atoms with E-state index < -0.39 is 0 Å². The maximum absolute atomic E-state index is 5.46. The molecule has 1 aromatic rings. The van der Waals surface area contributed by atoms with Crippen LogP contribution in [-0.2, 0) is 0 Å². The van der Waals surface area contributed by atoms with Crippen LogP contribution in [0, 0.1) is 0 Å². The summed E-state index contributed by atoms with van der Waals surface area (Å²) in [5.41, 5.74) is 1.21. The predicted molar refractivity (Wildman–Crippen MR) is 81.1 cm³/mol. The molecule has 0 aromatic heterocycles.